The molecule has 0 saturated carbocycles. The Labute approximate surface area is 145 Å². The van der Waals surface area contributed by atoms with E-state index in [-0.39, 0.29) is 18.3 Å². The highest BCUT2D eigenvalue weighted by Gasteiger charge is 2.22. The van der Waals surface area contributed by atoms with Gasteiger partial charge in [-0.15, -0.1) is 12.4 Å². The summed E-state index contributed by atoms with van der Waals surface area (Å²) in [4.78, 5) is 23.2. The third kappa shape index (κ3) is 6.34. The second kappa shape index (κ2) is 9.82. The molecule has 0 spiro atoms. The summed E-state index contributed by atoms with van der Waals surface area (Å²) in [6, 6.07) is 4.31. The fourth-order valence-corrected chi connectivity index (χ4v) is 2.50. The molecule has 0 aliphatic rings. The number of halogens is 2. The Morgan fingerprint density at radius 1 is 1.36 bits per heavy atom. The number of aliphatic carboxylic acids is 1. The largest absolute Gasteiger partial charge is 0.480 e. The van der Waals surface area contributed by atoms with Gasteiger partial charge in [0.05, 0.1) is 11.7 Å². The number of hydrogen-bond donors (Lipinski definition) is 3. The molecule has 7 heteroatoms. The van der Waals surface area contributed by atoms with Crippen molar-refractivity contribution in [1.29, 1.82) is 0 Å². The maximum Gasteiger partial charge on any atom is 0.320 e. The Bertz CT molecular complexity index is 526. The molecule has 1 aromatic rings. The number of amides is 1. The maximum atomic E-state index is 12.1. The zero-order valence-electron chi connectivity index (χ0n) is 12.9. The van der Waals surface area contributed by atoms with Crippen LogP contribution in [0.4, 0.5) is 5.69 Å². The number of carbonyl (C=O) groups is 2. The summed E-state index contributed by atoms with van der Waals surface area (Å²) in [5.74, 6) is -1.20. The Morgan fingerprint density at radius 3 is 2.50 bits per heavy atom. The summed E-state index contributed by atoms with van der Waals surface area (Å²) < 4.78 is 0.798. The highest BCUT2D eigenvalue weighted by Crippen LogP contribution is 2.23. The third-order valence-corrected chi connectivity index (χ3v) is 3.76. The molecule has 124 valence electrons. The summed E-state index contributed by atoms with van der Waals surface area (Å²) in [6.45, 7) is 5.53. The number of carboxylic acids is 1. The topological polar surface area (TPSA) is 78.4 Å². The normalized spacial score (nSPS) is 12.9. The van der Waals surface area contributed by atoms with Crippen LogP contribution < -0.4 is 10.6 Å². The highest BCUT2D eigenvalue weighted by atomic mass is 79.9. The molecule has 0 radical (unpaired) electrons. The van der Waals surface area contributed by atoms with E-state index in [9.17, 15) is 9.59 Å². The van der Waals surface area contributed by atoms with Gasteiger partial charge in [0, 0.05) is 4.47 Å². The summed E-state index contributed by atoms with van der Waals surface area (Å²) >= 11 is 3.39. The summed E-state index contributed by atoms with van der Waals surface area (Å²) in [5, 5.41) is 14.7. The molecular weight excluding hydrogens is 372 g/mol. The molecule has 1 aromatic carbocycles. The Balaban J connectivity index is 0.00000441. The highest BCUT2D eigenvalue weighted by molar-refractivity contribution is 9.10. The summed E-state index contributed by atoms with van der Waals surface area (Å²) in [7, 11) is 0. The zero-order chi connectivity index (χ0) is 16.0. The van der Waals surface area contributed by atoms with Gasteiger partial charge in [-0.3, -0.25) is 14.9 Å². The molecule has 0 heterocycles. The number of anilines is 1. The van der Waals surface area contributed by atoms with Gasteiger partial charge in [-0.1, -0.05) is 19.4 Å². The molecule has 1 rings (SSSR count). The number of carbonyl (C=O) groups excluding carboxylic acids is 1. The molecule has 0 aliphatic heterocycles. The van der Waals surface area contributed by atoms with Crippen LogP contribution in [0.25, 0.3) is 0 Å². The average molecular weight is 394 g/mol. The summed E-state index contributed by atoms with van der Waals surface area (Å²) in [5.41, 5.74) is 1.75. The lowest BCUT2D eigenvalue weighted by Gasteiger charge is -2.19. The minimum Gasteiger partial charge on any atom is -0.480 e. The minimum atomic E-state index is -0.937. The smallest absolute Gasteiger partial charge is 0.320 e. The van der Waals surface area contributed by atoms with Crippen LogP contribution >= 0.6 is 28.3 Å². The van der Waals surface area contributed by atoms with Gasteiger partial charge >= 0.3 is 5.97 Å². The fourth-order valence-electron chi connectivity index (χ4n) is 1.91. The van der Waals surface area contributed by atoms with Crippen molar-refractivity contribution in [2.24, 2.45) is 0 Å². The monoisotopic (exact) mass is 392 g/mol. The van der Waals surface area contributed by atoms with E-state index in [1.54, 1.807) is 6.92 Å². The van der Waals surface area contributed by atoms with Gasteiger partial charge in [-0.05, 0) is 53.9 Å². The molecule has 2 atom stereocenters. The average Bonchev–Trinajstić information content (AvgIpc) is 2.41. The van der Waals surface area contributed by atoms with Crippen LogP contribution in [0.3, 0.4) is 0 Å². The fraction of sp³-hybridized carbons (Fsp3) is 0.467. The third-order valence-electron chi connectivity index (χ3n) is 3.10. The van der Waals surface area contributed by atoms with Crippen LogP contribution in [0.5, 0.6) is 0 Å². The van der Waals surface area contributed by atoms with Gasteiger partial charge in [-0.2, -0.15) is 0 Å². The quantitative estimate of drug-likeness (QED) is 0.664. The van der Waals surface area contributed by atoms with Crippen molar-refractivity contribution in [2.75, 3.05) is 5.32 Å². The number of hydrogen-bond acceptors (Lipinski definition) is 3. The molecule has 0 saturated heterocycles. The standard InChI is InChI=1S/C15H21BrN2O3.ClH/c1-4-5-13(15(20)21)17-10(3)14(19)18-12-7-6-9(2)8-11(12)16;/h6-8,10,13,17H,4-5H2,1-3H3,(H,18,19)(H,20,21);1H. The molecule has 0 aliphatic carbocycles. The Morgan fingerprint density at radius 2 is 2.00 bits per heavy atom. The van der Waals surface area contributed by atoms with Crippen molar-refractivity contribution < 1.29 is 14.7 Å². The van der Waals surface area contributed by atoms with Crippen molar-refractivity contribution in [1.82, 2.24) is 5.32 Å². The van der Waals surface area contributed by atoms with E-state index in [0.717, 1.165) is 16.5 Å². The lowest BCUT2D eigenvalue weighted by Crippen LogP contribution is -2.47. The number of rotatable bonds is 7. The van der Waals surface area contributed by atoms with E-state index in [2.05, 4.69) is 26.6 Å². The van der Waals surface area contributed by atoms with Crippen LogP contribution in [-0.2, 0) is 9.59 Å². The van der Waals surface area contributed by atoms with Crippen molar-refractivity contribution >= 4 is 45.9 Å². The van der Waals surface area contributed by atoms with Gasteiger partial charge in [0.15, 0.2) is 0 Å². The van der Waals surface area contributed by atoms with Gasteiger partial charge in [0.1, 0.15) is 6.04 Å². The van der Waals surface area contributed by atoms with Gasteiger partial charge < -0.3 is 10.4 Å². The minimum absolute atomic E-state index is 0. The van der Waals surface area contributed by atoms with Crippen molar-refractivity contribution in [3.05, 3.63) is 28.2 Å². The van der Waals surface area contributed by atoms with Crippen LogP contribution in [0.2, 0.25) is 0 Å². The molecule has 2 unspecified atom stereocenters. The number of aryl methyl sites for hydroxylation is 1. The molecule has 0 aromatic heterocycles. The van der Waals surface area contributed by atoms with E-state index in [1.807, 2.05) is 32.0 Å². The molecule has 22 heavy (non-hydrogen) atoms. The molecular formula is C15H22BrClN2O3. The first kappa shape index (κ1) is 20.9. The van der Waals surface area contributed by atoms with Crippen molar-refractivity contribution in [3.63, 3.8) is 0 Å². The van der Waals surface area contributed by atoms with E-state index in [0.29, 0.717) is 12.1 Å². The van der Waals surface area contributed by atoms with E-state index in [1.165, 1.54) is 0 Å². The predicted molar refractivity (Wildman–Crippen MR) is 93.7 cm³/mol. The molecule has 5 nitrogen and oxygen atoms in total. The number of carboxylic acid groups (broad SMARTS) is 1. The van der Waals surface area contributed by atoms with Crippen molar-refractivity contribution in [3.8, 4) is 0 Å². The second-order valence-electron chi connectivity index (χ2n) is 5.04. The maximum absolute atomic E-state index is 12.1. The van der Waals surface area contributed by atoms with Gasteiger partial charge in [-0.25, -0.2) is 0 Å². The van der Waals surface area contributed by atoms with Crippen LogP contribution in [0.15, 0.2) is 22.7 Å². The second-order valence-corrected chi connectivity index (χ2v) is 5.89. The number of benzene rings is 1. The van der Waals surface area contributed by atoms with Crippen molar-refractivity contribution in [2.45, 2.75) is 45.7 Å². The van der Waals surface area contributed by atoms with Crippen LogP contribution in [0, 0.1) is 6.92 Å². The van der Waals surface area contributed by atoms with Crippen LogP contribution in [-0.4, -0.2) is 29.1 Å². The first-order valence-electron chi connectivity index (χ1n) is 6.91. The Hall–Kier alpha value is -1.11. The molecule has 0 fully saturated rings. The number of nitrogens with one attached hydrogen (secondary N) is 2. The van der Waals surface area contributed by atoms with Gasteiger partial charge in [0.25, 0.3) is 0 Å². The molecule has 0 bridgehead atoms. The molecule has 3 N–H and O–H groups in total. The first-order chi connectivity index (χ1) is 9.85. The zero-order valence-corrected chi connectivity index (χ0v) is 15.3. The van der Waals surface area contributed by atoms with Gasteiger partial charge in [0.2, 0.25) is 5.91 Å². The lowest BCUT2D eigenvalue weighted by atomic mass is 10.1. The summed E-state index contributed by atoms with van der Waals surface area (Å²) in [6.07, 6.45) is 1.23. The predicted octanol–water partition coefficient (Wildman–Crippen LogP) is 3.35. The first-order valence-corrected chi connectivity index (χ1v) is 7.70. The lowest BCUT2D eigenvalue weighted by molar-refractivity contribution is -0.140. The molecule has 1 amide bonds. The SMILES string of the molecule is CCCC(NC(C)C(=O)Nc1ccc(C)cc1Br)C(=O)O.Cl. The van der Waals surface area contributed by atoms with Crippen LogP contribution in [0.1, 0.15) is 32.3 Å². The van der Waals surface area contributed by atoms with E-state index < -0.39 is 18.1 Å². The Kier molecular flexibility index (Phi) is 9.32. The van der Waals surface area contributed by atoms with E-state index in [4.69, 9.17) is 5.11 Å². The van der Waals surface area contributed by atoms with E-state index >= 15 is 0 Å².